The van der Waals surface area contributed by atoms with Gasteiger partial charge in [-0.25, -0.2) is 0 Å². The van der Waals surface area contributed by atoms with E-state index in [4.69, 9.17) is 4.74 Å². The maximum absolute atomic E-state index is 13.2. The third kappa shape index (κ3) is 2.42. The Morgan fingerprint density at radius 1 is 1.38 bits per heavy atom. The molecule has 1 aromatic heterocycles. The van der Waals surface area contributed by atoms with Crippen molar-refractivity contribution in [3.63, 3.8) is 0 Å². The molecule has 0 radical (unpaired) electrons. The molecular formula is C18H26N2O3S. The summed E-state index contributed by atoms with van der Waals surface area (Å²) in [6, 6.07) is 0. The standard InChI is InChI=1S/C18H26N2O3S/c1-11-15(10-21)20(3-4-23-2)17(24-11)19-16(22)18-8-12-5-13(9-18)7-14(18)6-12/h12-14,21H,3-10H2,1-2H3. The molecule has 6 heteroatoms. The number of ether oxygens (including phenoxy) is 1. The Morgan fingerprint density at radius 3 is 2.71 bits per heavy atom. The minimum atomic E-state index is -0.177. The van der Waals surface area contributed by atoms with E-state index < -0.39 is 0 Å². The van der Waals surface area contributed by atoms with Gasteiger partial charge in [-0.15, -0.1) is 11.3 Å². The van der Waals surface area contributed by atoms with Gasteiger partial charge in [-0.3, -0.25) is 4.79 Å². The summed E-state index contributed by atoms with van der Waals surface area (Å²) in [5, 5.41) is 9.67. The second kappa shape index (κ2) is 6.07. The van der Waals surface area contributed by atoms with E-state index >= 15 is 0 Å². The first-order chi connectivity index (χ1) is 11.6. The van der Waals surface area contributed by atoms with E-state index in [2.05, 4.69) is 4.99 Å². The van der Waals surface area contributed by atoms with Crippen molar-refractivity contribution in [2.75, 3.05) is 13.7 Å². The van der Waals surface area contributed by atoms with Gasteiger partial charge in [0.25, 0.3) is 5.91 Å². The van der Waals surface area contributed by atoms with Crippen LogP contribution in [-0.2, 0) is 22.7 Å². The molecule has 1 aromatic rings. The van der Waals surface area contributed by atoms with Crippen LogP contribution in [0.25, 0.3) is 0 Å². The highest BCUT2D eigenvalue weighted by Crippen LogP contribution is 2.65. The summed E-state index contributed by atoms with van der Waals surface area (Å²) in [4.78, 5) is 19.5. The van der Waals surface area contributed by atoms with Crippen LogP contribution in [0.1, 0.15) is 42.7 Å². The van der Waals surface area contributed by atoms with Crippen LogP contribution in [-0.4, -0.2) is 29.3 Å². The number of aryl methyl sites for hydroxylation is 1. The number of thiazole rings is 1. The second-order valence-corrected chi connectivity index (χ2v) is 8.99. The van der Waals surface area contributed by atoms with Gasteiger partial charge in [0, 0.05) is 18.5 Å². The smallest absolute Gasteiger partial charge is 0.254 e. The Hall–Kier alpha value is -0.980. The molecule has 4 fully saturated rings. The Morgan fingerprint density at radius 2 is 2.08 bits per heavy atom. The van der Waals surface area contributed by atoms with Gasteiger partial charge in [0.05, 0.1) is 24.3 Å². The fourth-order valence-corrected chi connectivity index (χ4v) is 6.60. The van der Waals surface area contributed by atoms with E-state index in [-0.39, 0.29) is 17.9 Å². The lowest BCUT2D eigenvalue weighted by Crippen LogP contribution is -2.33. The van der Waals surface area contributed by atoms with Gasteiger partial charge >= 0.3 is 0 Å². The number of amides is 1. The number of rotatable bonds is 5. The third-order valence-electron chi connectivity index (χ3n) is 6.49. The molecule has 1 N–H and O–H groups in total. The Balaban J connectivity index is 1.69. The SMILES string of the molecule is COCCn1c(CO)c(C)sc1=NC(=O)C12CC3CC(CC1C3)C2. The molecule has 5 nitrogen and oxygen atoms in total. The maximum Gasteiger partial charge on any atom is 0.254 e. The summed E-state index contributed by atoms with van der Waals surface area (Å²) in [7, 11) is 1.66. The number of nitrogens with zero attached hydrogens (tertiary/aromatic N) is 2. The highest BCUT2D eigenvalue weighted by molar-refractivity contribution is 7.09. The molecule has 1 amide bonds. The maximum atomic E-state index is 13.2. The van der Waals surface area contributed by atoms with Gasteiger partial charge in [-0.1, -0.05) is 0 Å². The predicted molar refractivity (Wildman–Crippen MR) is 91.4 cm³/mol. The zero-order chi connectivity index (χ0) is 16.9. The highest BCUT2D eigenvalue weighted by atomic mass is 32.1. The lowest BCUT2D eigenvalue weighted by Gasteiger charge is -2.29. The van der Waals surface area contributed by atoms with Gasteiger partial charge in [-0.2, -0.15) is 4.99 Å². The van der Waals surface area contributed by atoms with Gasteiger partial charge in [-0.05, 0) is 56.8 Å². The molecule has 24 heavy (non-hydrogen) atoms. The van der Waals surface area contributed by atoms with Crippen molar-refractivity contribution in [2.45, 2.75) is 52.2 Å². The molecule has 0 saturated heterocycles. The number of methoxy groups -OCH3 is 1. The summed E-state index contributed by atoms with van der Waals surface area (Å²) in [6.45, 7) is 3.10. The van der Waals surface area contributed by atoms with Crippen molar-refractivity contribution in [3.05, 3.63) is 15.4 Å². The van der Waals surface area contributed by atoms with Crippen molar-refractivity contribution in [3.8, 4) is 0 Å². The van der Waals surface area contributed by atoms with Crippen LogP contribution < -0.4 is 4.80 Å². The minimum Gasteiger partial charge on any atom is -0.390 e. The molecule has 4 saturated carbocycles. The van der Waals surface area contributed by atoms with E-state index in [1.807, 2.05) is 11.5 Å². The van der Waals surface area contributed by atoms with Crippen LogP contribution in [0.3, 0.4) is 0 Å². The number of aliphatic hydroxyl groups excluding tert-OH is 1. The number of carbonyl (C=O) groups is 1. The fourth-order valence-electron chi connectivity index (χ4n) is 5.59. The fraction of sp³-hybridized carbons (Fsp3) is 0.778. The van der Waals surface area contributed by atoms with Crippen LogP contribution in [0.4, 0.5) is 0 Å². The van der Waals surface area contributed by atoms with E-state index in [9.17, 15) is 9.90 Å². The van der Waals surface area contributed by atoms with Crippen LogP contribution >= 0.6 is 11.3 Å². The molecule has 5 rings (SSSR count). The summed E-state index contributed by atoms with van der Waals surface area (Å²) >= 11 is 1.51. The molecule has 4 aliphatic carbocycles. The lowest BCUT2D eigenvalue weighted by molar-refractivity contribution is -0.129. The number of hydrogen-bond acceptors (Lipinski definition) is 4. The molecule has 0 aromatic carbocycles. The van der Waals surface area contributed by atoms with E-state index in [1.165, 1.54) is 30.6 Å². The van der Waals surface area contributed by atoms with Gasteiger partial charge in [0.1, 0.15) is 0 Å². The molecule has 0 spiro atoms. The monoisotopic (exact) mass is 350 g/mol. The quantitative estimate of drug-likeness (QED) is 0.886. The summed E-state index contributed by atoms with van der Waals surface area (Å²) < 4.78 is 7.13. The first-order valence-corrected chi connectivity index (χ1v) is 9.77. The number of hydrogen-bond donors (Lipinski definition) is 1. The topological polar surface area (TPSA) is 63.8 Å². The summed E-state index contributed by atoms with van der Waals surface area (Å²) in [5.74, 6) is 2.15. The molecule has 0 aliphatic heterocycles. The van der Waals surface area contributed by atoms with E-state index in [1.54, 1.807) is 7.11 Å². The van der Waals surface area contributed by atoms with Crippen molar-refractivity contribution < 1.29 is 14.6 Å². The van der Waals surface area contributed by atoms with Crippen LogP contribution in [0.5, 0.6) is 0 Å². The first kappa shape index (κ1) is 16.5. The molecule has 2 atom stereocenters. The molecule has 1 heterocycles. The Labute approximate surface area is 146 Å². The number of carbonyl (C=O) groups excluding carboxylic acids is 1. The van der Waals surface area contributed by atoms with Gasteiger partial charge in [0.15, 0.2) is 4.80 Å². The lowest BCUT2D eigenvalue weighted by atomic mass is 9.75. The zero-order valence-electron chi connectivity index (χ0n) is 14.5. The largest absolute Gasteiger partial charge is 0.390 e. The van der Waals surface area contributed by atoms with Crippen molar-refractivity contribution in [1.29, 1.82) is 0 Å². The van der Waals surface area contributed by atoms with Crippen molar-refractivity contribution in [1.82, 2.24) is 4.57 Å². The zero-order valence-corrected chi connectivity index (χ0v) is 15.3. The van der Waals surface area contributed by atoms with Crippen LogP contribution in [0.2, 0.25) is 0 Å². The number of aliphatic hydroxyl groups is 1. The predicted octanol–water partition coefficient (Wildman–Crippen LogP) is 2.25. The Kier molecular flexibility index (Phi) is 4.17. The Bertz CT molecular complexity index is 706. The van der Waals surface area contributed by atoms with Crippen LogP contribution in [0, 0.1) is 30.1 Å². The van der Waals surface area contributed by atoms with E-state index in [0.29, 0.717) is 19.1 Å². The van der Waals surface area contributed by atoms with Gasteiger partial charge < -0.3 is 14.4 Å². The molecule has 132 valence electrons. The average molecular weight is 350 g/mol. The molecule has 4 aliphatic rings. The average Bonchev–Trinajstić information content (AvgIpc) is 3.09. The minimum absolute atomic E-state index is 0.0341. The summed E-state index contributed by atoms with van der Waals surface area (Å²) in [5.41, 5.74) is 0.669. The van der Waals surface area contributed by atoms with Gasteiger partial charge in [0.2, 0.25) is 0 Å². The highest BCUT2D eigenvalue weighted by Gasteiger charge is 2.61. The van der Waals surface area contributed by atoms with E-state index in [0.717, 1.165) is 40.0 Å². The third-order valence-corrected chi connectivity index (χ3v) is 7.53. The first-order valence-electron chi connectivity index (χ1n) is 8.95. The summed E-state index contributed by atoms with van der Waals surface area (Å²) in [6.07, 6.45) is 5.88. The number of aromatic nitrogens is 1. The van der Waals surface area contributed by atoms with Crippen molar-refractivity contribution >= 4 is 17.2 Å². The van der Waals surface area contributed by atoms with Crippen molar-refractivity contribution in [2.24, 2.45) is 28.2 Å². The molecular weight excluding hydrogens is 324 g/mol. The normalized spacial score (nSPS) is 34.5. The molecule has 4 bridgehead atoms. The second-order valence-electron chi connectivity index (χ2n) is 7.81. The molecule has 2 unspecified atom stereocenters. The van der Waals surface area contributed by atoms with Crippen LogP contribution in [0.15, 0.2) is 4.99 Å².